The first kappa shape index (κ1) is 21.8. The summed E-state index contributed by atoms with van der Waals surface area (Å²) in [4.78, 5) is 12.5. The number of benzene rings is 5. The first-order valence-corrected chi connectivity index (χ1v) is 14.2. The zero-order valence-electron chi connectivity index (χ0n) is 21.4. The Morgan fingerprint density at radius 3 is 1.95 bits per heavy atom. The highest BCUT2D eigenvalue weighted by molar-refractivity contribution is 7.22. The molecule has 0 aliphatic rings. The van der Waals surface area contributed by atoms with Gasteiger partial charge in [-0.15, -0.1) is 11.3 Å². The van der Waals surface area contributed by atoms with Crippen LogP contribution in [0.25, 0.3) is 81.4 Å². The van der Waals surface area contributed by atoms with Gasteiger partial charge in [0.05, 0.1) is 27.3 Å². The van der Waals surface area contributed by atoms with Crippen molar-refractivity contribution in [2.45, 2.75) is 0 Å². The molecule has 0 saturated heterocycles. The summed E-state index contributed by atoms with van der Waals surface area (Å²) in [5, 5.41) is 7.67. The molecule has 0 atom stereocenters. The van der Waals surface area contributed by atoms with E-state index < -0.39 is 0 Å². The van der Waals surface area contributed by atoms with E-state index in [1.807, 2.05) is 12.1 Å². The van der Waals surface area contributed by atoms with Crippen molar-refractivity contribution in [3.8, 4) is 33.2 Å². The number of pyridine rings is 1. The smallest absolute Gasteiger partial charge is 0.170 e. The van der Waals surface area contributed by atoms with Gasteiger partial charge in [0.15, 0.2) is 5.82 Å². The number of para-hydroxylation sites is 1. The molecular formula is C36H21N3S. The lowest BCUT2D eigenvalue weighted by molar-refractivity contribution is 1.19. The molecule has 0 fully saturated rings. The minimum Gasteiger partial charge on any atom is -0.299 e. The topological polar surface area (TPSA) is 30.2 Å². The van der Waals surface area contributed by atoms with Crippen LogP contribution in [0.2, 0.25) is 0 Å². The van der Waals surface area contributed by atoms with Crippen LogP contribution in [-0.4, -0.2) is 14.4 Å². The molecule has 40 heavy (non-hydrogen) atoms. The Morgan fingerprint density at radius 2 is 1.20 bits per heavy atom. The summed E-state index contributed by atoms with van der Waals surface area (Å²) < 4.78 is 2.46. The molecule has 0 N–H and O–H groups in total. The maximum atomic E-state index is 5.13. The van der Waals surface area contributed by atoms with Gasteiger partial charge >= 0.3 is 0 Å². The van der Waals surface area contributed by atoms with Crippen LogP contribution in [0.4, 0.5) is 0 Å². The third-order valence-electron chi connectivity index (χ3n) is 7.97. The van der Waals surface area contributed by atoms with Crippen molar-refractivity contribution in [1.29, 1.82) is 0 Å². The van der Waals surface area contributed by atoms with Gasteiger partial charge in [0.2, 0.25) is 0 Å². The SMILES string of the molecule is c1ccc(-c2cc(-c3ccccc3)nc(-c3cc4c5cccc6ccc7c8ccccc8n(c4s3)c7c65)n2)cc1. The number of hydrogen-bond acceptors (Lipinski definition) is 3. The van der Waals surface area contributed by atoms with Crippen molar-refractivity contribution >= 4 is 59.5 Å². The van der Waals surface area contributed by atoms with E-state index in [9.17, 15) is 0 Å². The molecule has 4 heterocycles. The van der Waals surface area contributed by atoms with E-state index in [4.69, 9.17) is 9.97 Å². The summed E-state index contributed by atoms with van der Waals surface area (Å²) >= 11 is 1.77. The molecule has 0 bridgehead atoms. The van der Waals surface area contributed by atoms with Crippen LogP contribution in [0.5, 0.6) is 0 Å². The molecule has 3 nitrogen and oxygen atoms in total. The molecule has 0 spiro atoms. The fraction of sp³-hybridized carbons (Fsp3) is 0. The van der Waals surface area contributed by atoms with Gasteiger partial charge in [-0.1, -0.05) is 109 Å². The number of rotatable bonds is 3. The summed E-state index contributed by atoms with van der Waals surface area (Å²) in [7, 11) is 0. The van der Waals surface area contributed by atoms with Crippen molar-refractivity contribution in [2.75, 3.05) is 0 Å². The monoisotopic (exact) mass is 527 g/mol. The Kier molecular flexibility index (Phi) is 4.48. The number of nitrogens with zero attached hydrogens (tertiary/aromatic N) is 3. The van der Waals surface area contributed by atoms with Crippen LogP contribution in [0.15, 0.2) is 127 Å². The molecule has 0 amide bonds. The highest BCUT2D eigenvalue weighted by Gasteiger charge is 2.21. The van der Waals surface area contributed by atoms with Crippen LogP contribution < -0.4 is 0 Å². The molecule has 9 aromatic rings. The largest absolute Gasteiger partial charge is 0.299 e. The Bertz CT molecular complexity index is 2310. The predicted molar refractivity (Wildman–Crippen MR) is 168 cm³/mol. The number of aromatic nitrogens is 3. The van der Waals surface area contributed by atoms with Gasteiger partial charge in [0.1, 0.15) is 4.83 Å². The normalized spacial score (nSPS) is 12.0. The van der Waals surface area contributed by atoms with Crippen molar-refractivity contribution in [2.24, 2.45) is 0 Å². The minimum absolute atomic E-state index is 0.753. The van der Waals surface area contributed by atoms with Crippen LogP contribution in [0, 0.1) is 0 Å². The molecule has 0 saturated carbocycles. The highest BCUT2D eigenvalue weighted by atomic mass is 32.1. The fourth-order valence-corrected chi connectivity index (χ4v) is 7.31. The average molecular weight is 528 g/mol. The molecule has 186 valence electrons. The average Bonchev–Trinajstić information content (AvgIpc) is 3.62. The lowest BCUT2D eigenvalue weighted by atomic mass is 10.0. The molecule has 0 aliphatic carbocycles. The summed E-state index contributed by atoms with van der Waals surface area (Å²) in [6.45, 7) is 0. The molecule has 9 rings (SSSR count). The molecular weight excluding hydrogens is 506 g/mol. The molecule has 0 aliphatic heterocycles. The second kappa shape index (κ2) is 8.22. The van der Waals surface area contributed by atoms with E-state index in [0.717, 1.165) is 33.2 Å². The van der Waals surface area contributed by atoms with E-state index in [0.29, 0.717) is 0 Å². The van der Waals surface area contributed by atoms with Gasteiger partial charge in [-0.25, -0.2) is 9.97 Å². The van der Waals surface area contributed by atoms with Crippen LogP contribution in [0.1, 0.15) is 0 Å². The molecule has 5 aromatic carbocycles. The quantitative estimate of drug-likeness (QED) is 0.229. The van der Waals surface area contributed by atoms with Crippen molar-refractivity contribution in [3.05, 3.63) is 127 Å². The van der Waals surface area contributed by atoms with E-state index in [1.54, 1.807) is 11.3 Å². The van der Waals surface area contributed by atoms with E-state index in [-0.39, 0.29) is 0 Å². The summed E-state index contributed by atoms with van der Waals surface area (Å²) in [6, 6.07) is 45.1. The summed E-state index contributed by atoms with van der Waals surface area (Å²) in [5.74, 6) is 0.753. The zero-order chi connectivity index (χ0) is 26.2. The van der Waals surface area contributed by atoms with E-state index in [2.05, 4.69) is 120 Å². The van der Waals surface area contributed by atoms with Gasteiger partial charge in [-0.2, -0.15) is 0 Å². The molecule has 0 unspecified atom stereocenters. The second-order valence-electron chi connectivity index (χ2n) is 10.2. The maximum Gasteiger partial charge on any atom is 0.170 e. The van der Waals surface area contributed by atoms with Crippen LogP contribution in [-0.2, 0) is 0 Å². The number of fused-ring (bicyclic) bond motifs is 6. The second-order valence-corrected chi connectivity index (χ2v) is 11.3. The standard InChI is InChI=1S/C36H21N3S/c1-3-10-22(11-4-1)29-21-30(23-12-5-2-6-13-23)38-35(37-29)32-20-28-26-16-9-14-24-18-19-27-25-15-7-8-17-31(25)39(36(28)40-32)34(27)33(24)26/h1-21H. The molecule has 0 radical (unpaired) electrons. The van der Waals surface area contributed by atoms with E-state index in [1.165, 1.54) is 48.2 Å². The van der Waals surface area contributed by atoms with Crippen LogP contribution >= 0.6 is 11.3 Å². The first-order chi connectivity index (χ1) is 19.8. The van der Waals surface area contributed by atoms with E-state index >= 15 is 0 Å². The number of hydrogen-bond donors (Lipinski definition) is 0. The lowest BCUT2D eigenvalue weighted by Crippen LogP contribution is -1.94. The Morgan fingerprint density at radius 1 is 0.525 bits per heavy atom. The molecule has 4 heteroatoms. The first-order valence-electron chi connectivity index (χ1n) is 13.4. The summed E-state index contributed by atoms with van der Waals surface area (Å²) in [6.07, 6.45) is 0. The zero-order valence-corrected chi connectivity index (χ0v) is 22.2. The summed E-state index contributed by atoms with van der Waals surface area (Å²) in [5.41, 5.74) is 6.54. The third-order valence-corrected chi connectivity index (χ3v) is 9.08. The van der Waals surface area contributed by atoms with Gasteiger partial charge in [-0.3, -0.25) is 4.40 Å². The maximum absolute atomic E-state index is 5.13. The molecule has 4 aromatic heterocycles. The highest BCUT2D eigenvalue weighted by Crippen LogP contribution is 2.45. The Balaban J connectivity index is 1.39. The minimum atomic E-state index is 0.753. The Labute approximate surface area is 234 Å². The van der Waals surface area contributed by atoms with Crippen molar-refractivity contribution < 1.29 is 0 Å². The fourth-order valence-electron chi connectivity index (χ4n) is 6.18. The van der Waals surface area contributed by atoms with Gasteiger partial charge in [-0.05, 0) is 29.0 Å². The van der Waals surface area contributed by atoms with Crippen LogP contribution in [0.3, 0.4) is 0 Å². The Hall–Kier alpha value is -5.06. The van der Waals surface area contributed by atoms with Crippen molar-refractivity contribution in [3.63, 3.8) is 0 Å². The number of thiophene rings is 1. The van der Waals surface area contributed by atoms with Crippen molar-refractivity contribution in [1.82, 2.24) is 14.4 Å². The predicted octanol–water partition coefficient (Wildman–Crippen LogP) is 9.84. The van der Waals surface area contributed by atoms with Gasteiger partial charge < -0.3 is 0 Å². The lowest BCUT2D eigenvalue weighted by Gasteiger charge is -2.09. The van der Waals surface area contributed by atoms with Gasteiger partial charge in [0.25, 0.3) is 0 Å². The third kappa shape index (κ3) is 3.05. The van der Waals surface area contributed by atoms with Gasteiger partial charge in [0, 0.05) is 32.7 Å².